The van der Waals surface area contributed by atoms with Gasteiger partial charge >= 0.3 is 5.97 Å². The molecule has 7 nitrogen and oxygen atoms in total. The van der Waals surface area contributed by atoms with E-state index in [2.05, 4.69) is 4.74 Å². The van der Waals surface area contributed by atoms with Crippen molar-refractivity contribution in [3.05, 3.63) is 94.0 Å². The average molecular weight is 573 g/mol. The first-order chi connectivity index (χ1) is 18.7. The van der Waals surface area contributed by atoms with Gasteiger partial charge in [-0.1, -0.05) is 48.0 Å². The molecule has 0 aliphatic carbocycles. The highest BCUT2D eigenvalue weighted by Crippen LogP contribution is 2.35. The maximum atomic E-state index is 13.1. The Morgan fingerprint density at radius 1 is 1.03 bits per heavy atom. The second-order valence-electron chi connectivity index (χ2n) is 9.65. The zero-order valence-corrected chi connectivity index (χ0v) is 23.6. The van der Waals surface area contributed by atoms with Gasteiger partial charge in [0.1, 0.15) is 5.75 Å². The van der Waals surface area contributed by atoms with Crippen LogP contribution in [0.25, 0.3) is 0 Å². The van der Waals surface area contributed by atoms with Crippen LogP contribution < -0.4 is 4.74 Å². The van der Waals surface area contributed by atoms with Gasteiger partial charge in [0.15, 0.2) is 9.84 Å². The Balaban J connectivity index is 1.45. The van der Waals surface area contributed by atoms with Crippen molar-refractivity contribution in [1.82, 2.24) is 0 Å². The molecule has 1 heterocycles. The quantitative estimate of drug-likeness (QED) is 0.337. The number of halogens is 1. The van der Waals surface area contributed by atoms with Crippen LogP contribution in [-0.4, -0.2) is 51.2 Å². The third-order valence-corrected chi connectivity index (χ3v) is 8.88. The topological polar surface area (TPSA) is 99.1 Å². The molecule has 0 radical (unpaired) electrons. The lowest BCUT2D eigenvalue weighted by atomic mass is 9.94. The molecule has 3 aromatic carbocycles. The third kappa shape index (κ3) is 7.82. The van der Waals surface area contributed by atoms with E-state index in [0.717, 1.165) is 22.4 Å². The number of hydrogen-bond acceptors (Lipinski definition) is 7. The number of carbonyl (C=O) groups is 1. The fourth-order valence-electron chi connectivity index (χ4n) is 4.73. The molecule has 1 fully saturated rings. The van der Waals surface area contributed by atoms with E-state index in [0.29, 0.717) is 30.0 Å². The summed E-state index contributed by atoms with van der Waals surface area (Å²) < 4.78 is 42.6. The molecular formula is C30H33ClO7S. The smallest absolute Gasteiger partial charge is 0.309 e. The standard InChI is InChI=1S/C30H33ClO7S/c1-3-37-25-9-4-20(5-10-25)14-23-16-22(8-13-28(23)31)29-18-24(32)17-26(38-29)19-39(34,35)27-11-6-21(7-12-27)15-30(33)36-2/h4-13,16,24,26,29,32H,3,14-15,17-19H2,1-2H3/t24?,26-,29+/m0/s1. The fraction of sp³-hybridized carbons (Fsp3) is 0.367. The summed E-state index contributed by atoms with van der Waals surface area (Å²) in [4.78, 5) is 11.6. The first kappa shape index (κ1) is 29.1. The van der Waals surface area contributed by atoms with E-state index in [9.17, 15) is 18.3 Å². The van der Waals surface area contributed by atoms with Crippen LogP contribution in [0, 0.1) is 0 Å². The van der Waals surface area contributed by atoms with Crippen molar-refractivity contribution in [1.29, 1.82) is 0 Å². The van der Waals surface area contributed by atoms with Crippen molar-refractivity contribution in [2.45, 2.75) is 55.8 Å². The van der Waals surface area contributed by atoms with Gasteiger partial charge < -0.3 is 19.3 Å². The van der Waals surface area contributed by atoms with Gasteiger partial charge in [-0.05, 0) is 65.9 Å². The number of sulfone groups is 1. The maximum Gasteiger partial charge on any atom is 0.309 e. The average Bonchev–Trinajstić information content (AvgIpc) is 2.91. The van der Waals surface area contributed by atoms with Crippen molar-refractivity contribution in [3.63, 3.8) is 0 Å². The van der Waals surface area contributed by atoms with Gasteiger partial charge in [0.2, 0.25) is 0 Å². The zero-order chi connectivity index (χ0) is 28.0. The van der Waals surface area contributed by atoms with E-state index < -0.39 is 34.1 Å². The van der Waals surface area contributed by atoms with E-state index in [1.165, 1.54) is 19.2 Å². The molecule has 39 heavy (non-hydrogen) atoms. The van der Waals surface area contributed by atoms with Gasteiger partial charge in [-0.15, -0.1) is 0 Å². The number of aliphatic hydroxyl groups excluding tert-OH is 1. The van der Waals surface area contributed by atoms with Crippen LogP contribution in [0.3, 0.4) is 0 Å². The summed E-state index contributed by atoms with van der Waals surface area (Å²) in [7, 11) is -2.38. The Bertz CT molecular complexity index is 1370. The summed E-state index contributed by atoms with van der Waals surface area (Å²) in [6, 6.07) is 19.6. The van der Waals surface area contributed by atoms with E-state index >= 15 is 0 Å². The van der Waals surface area contributed by atoms with Gasteiger partial charge in [-0.3, -0.25) is 4.79 Å². The van der Waals surface area contributed by atoms with Crippen molar-refractivity contribution < 1.29 is 32.5 Å². The molecule has 1 aliphatic heterocycles. The summed E-state index contributed by atoms with van der Waals surface area (Å²) in [5, 5.41) is 11.2. The van der Waals surface area contributed by atoms with Crippen LogP contribution in [0.1, 0.15) is 48.1 Å². The van der Waals surface area contributed by atoms with Crippen molar-refractivity contribution in [3.8, 4) is 5.75 Å². The van der Waals surface area contributed by atoms with Crippen molar-refractivity contribution in [2.24, 2.45) is 0 Å². The Morgan fingerprint density at radius 2 is 1.72 bits per heavy atom. The predicted molar refractivity (Wildman–Crippen MR) is 149 cm³/mol. The van der Waals surface area contributed by atoms with Gasteiger partial charge in [0.05, 0.1) is 49.1 Å². The first-order valence-electron chi connectivity index (χ1n) is 12.9. The lowest BCUT2D eigenvalue weighted by Gasteiger charge is -2.33. The molecule has 1 saturated heterocycles. The summed E-state index contributed by atoms with van der Waals surface area (Å²) in [5.41, 5.74) is 3.49. The predicted octanol–water partition coefficient (Wildman–Crippen LogP) is 5.10. The maximum absolute atomic E-state index is 13.1. The number of aliphatic hydroxyl groups is 1. The number of ether oxygens (including phenoxy) is 3. The van der Waals surface area contributed by atoms with E-state index in [1.54, 1.807) is 12.1 Å². The Morgan fingerprint density at radius 3 is 2.38 bits per heavy atom. The minimum Gasteiger partial charge on any atom is -0.494 e. The lowest BCUT2D eigenvalue weighted by Crippen LogP contribution is -2.36. The number of benzene rings is 3. The minimum atomic E-state index is -3.69. The van der Waals surface area contributed by atoms with Crippen LogP contribution in [-0.2, 0) is 36.9 Å². The Labute approximate surface area is 234 Å². The molecular weight excluding hydrogens is 540 g/mol. The minimum absolute atomic E-state index is 0.0676. The SMILES string of the molecule is CCOc1ccc(Cc2cc([C@H]3CC(O)C[C@@H](CS(=O)(=O)c4ccc(CC(=O)OC)cc4)O3)ccc2Cl)cc1. The van der Waals surface area contributed by atoms with Crippen LogP contribution in [0.15, 0.2) is 71.6 Å². The highest BCUT2D eigenvalue weighted by molar-refractivity contribution is 7.91. The van der Waals surface area contributed by atoms with E-state index in [4.69, 9.17) is 21.1 Å². The van der Waals surface area contributed by atoms with Crippen LogP contribution in [0.2, 0.25) is 5.02 Å². The molecule has 0 spiro atoms. The molecule has 4 rings (SSSR count). The third-order valence-electron chi connectivity index (χ3n) is 6.71. The highest BCUT2D eigenvalue weighted by Gasteiger charge is 2.33. The second kappa shape index (κ2) is 13.0. The molecule has 1 N–H and O–H groups in total. The second-order valence-corrected chi connectivity index (χ2v) is 12.1. The van der Waals surface area contributed by atoms with Crippen LogP contribution in [0.4, 0.5) is 0 Å². The number of carbonyl (C=O) groups excluding carboxylic acids is 1. The lowest BCUT2D eigenvalue weighted by molar-refractivity contribution is -0.139. The van der Waals surface area contributed by atoms with Gasteiger partial charge in [0, 0.05) is 17.9 Å². The van der Waals surface area contributed by atoms with Gasteiger partial charge in [-0.2, -0.15) is 0 Å². The van der Waals surface area contributed by atoms with Crippen molar-refractivity contribution >= 4 is 27.4 Å². The van der Waals surface area contributed by atoms with Crippen LogP contribution in [0.5, 0.6) is 5.75 Å². The molecule has 1 unspecified atom stereocenters. The normalized spacial score (nSPS) is 19.4. The molecule has 3 atom stereocenters. The molecule has 0 amide bonds. The monoisotopic (exact) mass is 572 g/mol. The molecule has 208 valence electrons. The summed E-state index contributed by atoms with van der Waals surface area (Å²) in [6.07, 6.45) is -0.574. The molecule has 0 bridgehead atoms. The molecule has 0 saturated carbocycles. The molecule has 0 aromatic heterocycles. The fourth-order valence-corrected chi connectivity index (χ4v) is 6.36. The summed E-state index contributed by atoms with van der Waals surface area (Å²) >= 11 is 6.51. The Hall–Kier alpha value is -2.91. The first-order valence-corrected chi connectivity index (χ1v) is 14.9. The molecule has 3 aromatic rings. The highest BCUT2D eigenvalue weighted by atomic mass is 35.5. The van der Waals surface area contributed by atoms with Gasteiger partial charge in [0.25, 0.3) is 0 Å². The number of esters is 1. The Kier molecular flexibility index (Phi) is 9.67. The summed E-state index contributed by atoms with van der Waals surface area (Å²) in [5.74, 6) is 0.152. The largest absolute Gasteiger partial charge is 0.494 e. The van der Waals surface area contributed by atoms with Crippen LogP contribution >= 0.6 is 11.6 Å². The summed E-state index contributed by atoms with van der Waals surface area (Å²) in [6.45, 7) is 2.54. The molecule has 1 aliphatic rings. The zero-order valence-electron chi connectivity index (χ0n) is 22.0. The van der Waals surface area contributed by atoms with Gasteiger partial charge in [-0.25, -0.2) is 8.42 Å². The van der Waals surface area contributed by atoms with E-state index in [1.807, 2.05) is 49.4 Å². The van der Waals surface area contributed by atoms with E-state index in [-0.39, 0.29) is 23.5 Å². The number of hydrogen-bond donors (Lipinski definition) is 1. The number of rotatable bonds is 10. The number of methoxy groups -OCH3 is 1. The molecule has 9 heteroatoms. The van der Waals surface area contributed by atoms with Crippen molar-refractivity contribution in [2.75, 3.05) is 19.5 Å².